The molecule has 24 heavy (non-hydrogen) atoms. The van der Waals surface area contributed by atoms with E-state index in [0.717, 1.165) is 28.6 Å². The Morgan fingerprint density at radius 3 is 2.83 bits per heavy atom. The molecular weight excluding hydrogens is 340 g/mol. The average molecular weight is 361 g/mol. The van der Waals surface area contributed by atoms with Gasteiger partial charge in [-0.25, -0.2) is 13.1 Å². The van der Waals surface area contributed by atoms with Crippen LogP contribution in [0.5, 0.6) is 0 Å². The van der Waals surface area contributed by atoms with Gasteiger partial charge in [0.2, 0.25) is 10.0 Å². The van der Waals surface area contributed by atoms with Gasteiger partial charge in [-0.15, -0.1) is 11.3 Å². The van der Waals surface area contributed by atoms with Gasteiger partial charge < -0.3 is 4.98 Å². The van der Waals surface area contributed by atoms with Crippen LogP contribution < -0.4 is 4.72 Å². The van der Waals surface area contributed by atoms with Gasteiger partial charge in [-0.1, -0.05) is 12.5 Å². The maximum atomic E-state index is 12.6. The van der Waals surface area contributed by atoms with Gasteiger partial charge >= 0.3 is 0 Å². The van der Waals surface area contributed by atoms with E-state index in [4.69, 9.17) is 0 Å². The monoisotopic (exact) mass is 360 g/mol. The molecule has 0 fully saturated rings. The van der Waals surface area contributed by atoms with Crippen molar-refractivity contribution >= 4 is 32.3 Å². The Morgan fingerprint density at radius 1 is 1.12 bits per heavy atom. The minimum absolute atomic E-state index is 0.337. The van der Waals surface area contributed by atoms with E-state index in [2.05, 4.69) is 9.71 Å². The van der Waals surface area contributed by atoms with Crippen LogP contribution in [0.3, 0.4) is 0 Å². The van der Waals surface area contributed by atoms with Crippen LogP contribution in [0.25, 0.3) is 10.9 Å². The number of aryl methyl sites for hydroxylation is 2. The topological polar surface area (TPSA) is 62.0 Å². The average Bonchev–Trinajstić information content (AvgIpc) is 3.15. The number of hydrogen-bond donors (Lipinski definition) is 2. The highest BCUT2D eigenvalue weighted by atomic mass is 32.2. The molecule has 0 unspecified atom stereocenters. The van der Waals surface area contributed by atoms with E-state index in [1.807, 2.05) is 29.6 Å². The Morgan fingerprint density at radius 2 is 2.00 bits per heavy atom. The van der Waals surface area contributed by atoms with E-state index < -0.39 is 10.0 Å². The molecule has 6 heteroatoms. The van der Waals surface area contributed by atoms with Crippen molar-refractivity contribution in [3.8, 4) is 0 Å². The van der Waals surface area contributed by atoms with Gasteiger partial charge in [0, 0.05) is 28.0 Å². The zero-order valence-corrected chi connectivity index (χ0v) is 15.0. The maximum Gasteiger partial charge on any atom is 0.240 e. The van der Waals surface area contributed by atoms with Gasteiger partial charge in [0.1, 0.15) is 0 Å². The highest BCUT2D eigenvalue weighted by Crippen LogP contribution is 2.30. The molecule has 4 rings (SSSR count). The lowest BCUT2D eigenvalue weighted by atomic mass is 10.1. The molecule has 0 spiro atoms. The van der Waals surface area contributed by atoms with Crippen LogP contribution in [-0.2, 0) is 29.4 Å². The van der Waals surface area contributed by atoms with E-state index in [1.54, 1.807) is 17.4 Å². The van der Waals surface area contributed by atoms with Gasteiger partial charge in [-0.05, 0) is 60.9 Å². The Kier molecular flexibility index (Phi) is 4.20. The first-order chi connectivity index (χ1) is 11.6. The molecule has 0 bridgehead atoms. The fraction of sp³-hybridized carbons (Fsp3) is 0.333. The Hall–Kier alpha value is -1.63. The summed E-state index contributed by atoms with van der Waals surface area (Å²) in [6.07, 6.45) is 5.70. The molecule has 0 amide bonds. The minimum Gasteiger partial charge on any atom is -0.358 e. The molecule has 1 aliphatic carbocycles. The van der Waals surface area contributed by atoms with Crippen molar-refractivity contribution in [1.29, 1.82) is 0 Å². The summed E-state index contributed by atoms with van der Waals surface area (Å²) in [7, 11) is -3.50. The Labute approximate surface area is 146 Å². The third-order valence-electron chi connectivity index (χ3n) is 4.65. The van der Waals surface area contributed by atoms with Crippen molar-refractivity contribution in [2.45, 2.75) is 43.5 Å². The Bertz CT molecular complexity index is 956. The Balaban J connectivity index is 1.67. The van der Waals surface area contributed by atoms with Crippen LogP contribution in [0, 0.1) is 0 Å². The second-order valence-electron chi connectivity index (χ2n) is 6.25. The zero-order valence-electron chi connectivity index (χ0n) is 13.3. The van der Waals surface area contributed by atoms with Crippen molar-refractivity contribution in [3.63, 3.8) is 0 Å². The summed E-state index contributed by atoms with van der Waals surface area (Å²) in [5.74, 6) is 0. The number of fused-ring (bicyclic) bond motifs is 3. The molecule has 2 heterocycles. The second-order valence-corrected chi connectivity index (χ2v) is 9.05. The van der Waals surface area contributed by atoms with Gasteiger partial charge in [-0.3, -0.25) is 0 Å². The molecule has 2 aromatic heterocycles. The molecule has 0 saturated carbocycles. The molecule has 0 radical (unpaired) electrons. The molecule has 0 saturated heterocycles. The molecular formula is C18H20N2O2S2. The summed E-state index contributed by atoms with van der Waals surface area (Å²) in [5, 5.41) is 3.01. The lowest BCUT2D eigenvalue weighted by Gasteiger charge is -2.06. The number of aromatic amines is 1. The number of sulfonamides is 1. The molecule has 3 aromatic rings. The first kappa shape index (κ1) is 15.9. The molecule has 4 nitrogen and oxygen atoms in total. The number of rotatable bonds is 4. The van der Waals surface area contributed by atoms with Gasteiger partial charge in [0.05, 0.1) is 4.90 Å². The summed E-state index contributed by atoms with van der Waals surface area (Å²) in [4.78, 5) is 4.83. The van der Waals surface area contributed by atoms with Crippen LogP contribution >= 0.6 is 11.3 Å². The quantitative estimate of drug-likeness (QED) is 0.692. The van der Waals surface area contributed by atoms with E-state index in [1.165, 1.54) is 30.5 Å². The van der Waals surface area contributed by atoms with E-state index >= 15 is 0 Å². The largest absolute Gasteiger partial charge is 0.358 e. The second kappa shape index (κ2) is 6.35. The number of aromatic nitrogens is 1. The van der Waals surface area contributed by atoms with E-state index in [-0.39, 0.29) is 0 Å². The summed E-state index contributed by atoms with van der Waals surface area (Å²) < 4.78 is 27.9. The number of thiophene rings is 1. The van der Waals surface area contributed by atoms with Crippen LogP contribution in [-0.4, -0.2) is 13.4 Å². The highest BCUT2D eigenvalue weighted by Gasteiger charge is 2.19. The van der Waals surface area contributed by atoms with Crippen LogP contribution in [0.1, 0.15) is 35.4 Å². The number of H-pyrrole nitrogens is 1. The fourth-order valence-electron chi connectivity index (χ4n) is 3.39. The molecule has 1 aliphatic rings. The molecule has 1 aromatic carbocycles. The van der Waals surface area contributed by atoms with Crippen molar-refractivity contribution in [3.05, 3.63) is 51.8 Å². The summed E-state index contributed by atoms with van der Waals surface area (Å²) in [5.41, 5.74) is 3.63. The summed E-state index contributed by atoms with van der Waals surface area (Å²) in [6, 6.07) is 9.27. The molecule has 2 N–H and O–H groups in total. The van der Waals surface area contributed by atoms with E-state index in [0.29, 0.717) is 11.4 Å². The van der Waals surface area contributed by atoms with Crippen LogP contribution in [0.2, 0.25) is 0 Å². The van der Waals surface area contributed by atoms with Crippen LogP contribution in [0.4, 0.5) is 0 Å². The summed E-state index contributed by atoms with van der Waals surface area (Å²) >= 11 is 1.55. The molecule has 126 valence electrons. The van der Waals surface area contributed by atoms with Gasteiger partial charge in [0.25, 0.3) is 0 Å². The minimum atomic E-state index is -3.50. The van der Waals surface area contributed by atoms with Crippen molar-refractivity contribution in [2.75, 3.05) is 0 Å². The fourth-order valence-corrected chi connectivity index (χ4v) is 5.16. The third-order valence-corrected chi connectivity index (χ3v) is 6.92. The smallest absolute Gasteiger partial charge is 0.240 e. The van der Waals surface area contributed by atoms with Gasteiger partial charge in [-0.2, -0.15) is 0 Å². The van der Waals surface area contributed by atoms with Crippen molar-refractivity contribution in [1.82, 2.24) is 9.71 Å². The summed E-state index contributed by atoms with van der Waals surface area (Å²) in [6.45, 7) is 0.337. The maximum absolute atomic E-state index is 12.6. The van der Waals surface area contributed by atoms with E-state index in [9.17, 15) is 8.42 Å². The first-order valence-corrected chi connectivity index (χ1v) is 10.7. The standard InChI is InChI=1S/C18H20N2O2S2/c21-24(22,19-12-13-5-4-10-23-13)14-8-9-18-16(11-14)15-6-2-1-3-7-17(15)20-18/h4-5,8-11,19-20H,1-3,6-7,12H2. The number of benzene rings is 1. The van der Waals surface area contributed by atoms with Crippen LogP contribution in [0.15, 0.2) is 40.6 Å². The predicted octanol–water partition coefficient (Wildman–Crippen LogP) is 3.98. The number of hydrogen-bond acceptors (Lipinski definition) is 3. The predicted molar refractivity (Wildman–Crippen MR) is 97.9 cm³/mol. The third kappa shape index (κ3) is 3.01. The lowest BCUT2D eigenvalue weighted by Crippen LogP contribution is -2.22. The van der Waals surface area contributed by atoms with Crippen molar-refractivity contribution in [2.24, 2.45) is 0 Å². The molecule has 0 aliphatic heterocycles. The normalized spacial score (nSPS) is 15.3. The SMILES string of the molecule is O=S(=O)(NCc1cccs1)c1ccc2[nH]c3c(c2c1)CCCCC3. The molecule has 0 atom stereocenters. The number of nitrogens with one attached hydrogen (secondary N) is 2. The zero-order chi connectivity index (χ0) is 16.6. The van der Waals surface area contributed by atoms with Crippen molar-refractivity contribution < 1.29 is 8.42 Å². The highest BCUT2D eigenvalue weighted by molar-refractivity contribution is 7.89. The first-order valence-electron chi connectivity index (χ1n) is 8.29. The van der Waals surface area contributed by atoms with Gasteiger partial charge in [0.15, 0.2) is 0 Å². The lowest BCUT2D eigenvalue weighted by molar-refractivity contribution is 0.582.